The number of amides is 1. The van der Waals surface area contributed by atoms with E-state index >= 15 is 0 Å². The van der Waals surface area contributed by atoms with E-state index in [9.17, 15) is 9.59 Å². The fourth-order valence-corrected chi connectivity index (χ4v) is 2.21. The molecule has 0 unspecified atom stereocenters. The molecule has 1 aromatic rings. The first-order valence-corrected chi connectivity index (χ1v) is 7.03. The van der Waals surface area contributed by atoms with Crippen molar-refractivity contribution in [1.82, 2.24) is 10.2 Å². The van der Waals surface area contributed by atoms with E-state index in [1.807, 2.05) is 18.0 Å². The zero-order chi connectivity index (χ0) is 15.1. The molecule has 0 heterocycles. The summed E-state index contributed by atoms with van der Waals surface area (Å²) in [5.74, 6) is -0.331. The van der Waals surface area contributed by atoms with Gasteiger partial charge < -0.3 is 15.0 Å². The fourth-order valence-electron chi connectivity index (χ4n) is 1.71. The van der Waals surface area contributed by atoms with Crippen molar-refractivity contribution in [2.24, 2.45) is 0 Å². The van der Waals surface area contributed by atoms with Crippen molar-refractivity contribution in [3.05, 3.63) is 33.8 Å². The minimum atomic E-state index is -0.356. The summed E-state index contributed by atoms with van der Waals surface area (Å²) in [6.45, 7) is 1.36. The van der Waals surface area contributed by atoms with Crippen LogP contribution in [0.15, 0.2) is 22.7 Å². The number of halogens is 1. The Labute approximate surface area is 127 Å². The summed E-state index contributed by atoms with van der Waals surface area (Å²) in [5, 5.41) is 2.60. The van der Waals surface area contributed by atoms with Crippen LogP contribution in [-0.2, 0) is 16.1 Å². The van der Waals surface area contributed by atoms with E-state index in [0.717, 1.165) is 10.0 Å². The summed E-state index contributed by atoms with van der Waals surface area (Å²) in [5.41, 5.74) is 1.56. The Morgan fingerprint density at radius 3 is 2.65 bits per heavy atom. The number of hydrogen-bond donors (Lipinski definition) is 1. The summed E-state index contributed by atoms with van der Waals surface area (Å²) in [4.78, 5) is 24.7. The van der Waals surface area contributed by atoms with Gasteiger partial charge in [-0.2, -0.15) is 0 Å². The lowest BCUT2D eigenvalue weighted by Crippen LogP contribution is -2.26. The normalized spacial score (nSPS) is 10.4. The van der Waals surface area contributed by atoms with Crippen molar-refractivity contribution in [2.45, 2.75) is 13.0 Å². The van der Waals surface area contributed by atoms with Gasteiger partial charge in [0.25, 0.3) is 0 Å². The Bertz CT molecular complexity index is 491. The van der Waals surface area contributed by atoms with Gasteiger partial charge in [0.1, 0.15) is 0 Å². The number of esters is 1. The second kappa shape index (κ2) is 8.01. The fraction of sp³-hybridized carbons (Fsp3) is 0.429. The Hall–Kier alpha value is -1.40. The number of carbonyl (C=O) groups is 2. The highest BCUT2D eigenvalue weighted by atomic mass is 79.9. The minimum absolute atomic E-state index is 0.0250. The van der Waals surface area contributed by atoms with Gasteiger partial charge >= 0.3 is 5.97 Å². The molecule has 0 aromatic heterocycles. The molecule has 1 N–H and O–H groups in total. The van der Waals surface area contributed by atoms with E-state index in [0.29, 0.717) is 25.1 Å². The van der Waals surface area contributed by atoms with Crippen molar-refractivity contribution in [2.75, 3.05) is 27.7 Å². The zero-order valence-electron chi connectivity index (χ0n) is 11.9. The summed E-state index contributed by atoms with van der Waals surface area (Å²) in [6, 6.07) is 5.36. The smallest absolute Gasteiger partial charge is 0.337 e. The molecular weight excluding hydrogens is 324 g/mol. The molecule has 6 heteroatoms. The largest absolute Gasteiger partial charge is 0.465 e. The van der Waals surface area contributed by atoms with Gasteiger partial charge in [0.15, 0.2) is 0 Å². The maximum Gasteiger partial charge on any atom is 0.337 e. The highest BCUT2D eigenvalue weighted by molar-refractivity contribution is 9.10. The molecule has 1 aromatic carbocycles. The van der Waals surface area contributed by atoms with Gasteiger partial charge in [-0.05, 0) is 24.7 Å². The van der Waals surface area contributed by atoms with Crippen LogP contribution in [0.2, 0.25) is 0 Å². The molecule has 0 bridgehead atoms. The van der Waals surface area contributed by atoms with Crippen LogP contribution in [0.5, 0.6) is 0 Å². The van der Waals surface area contributed by atoms with Crippen LogP contribution in [0.1, 0.15) is 22.3 Å². The molecule has 1 rings (SSSR count). The quantitative estimate of drug-likeness (QED) is 0.801. The molecule has 0 aliphatic rings. The number of carbonyl (C=O) groups excluding carboxylic acids is 2. The van der Waals surface area contributed by atoms with Crippen molar-refractivity contribution in [3.63, 3.8) is 0 Å². The Kier molecular flexibility index (Phi) is 6.67. The molecule has 110 valence electrons. The standard InChI is InChI=1S/C14H19BrN2O3/c1-16-13(18)6-7-17(2)9-11-5-4-10(8-12(11)15)14(19)20-3/h4-5,8H,6-7,9H2,1-3H3,(H,16,18). The average molecular weight is 343 g/mol. The molecule has 0 saturated heterocycles. The van der Waals surface area contributed by atoms with E-state index in [4.69, 9.17) is 0 Å². The third kappa shape index (κ3) is 4.94. The molecule has 0 saturated carbocycles. The van der Waals surface area contributed by atoms with Gasteiger partial charge in [-0.1, -0.05) is 22.0 Å². The van der Waals surface area contributed by atoms with Gasteiger partial charge in [-0.25, -0.2) is 4.79 Å². The summed E-state index contributed by atoms with van der Waals surface area (Å²) < 4.78 is 5.53. The van der Waals surface area contributed by atoms with Crippen LogP contribution in [0, 0.1) is 0 Å². The van der Waals surface area contributed by atoms with Crippen molar-refractivity contribution < 1.29 is 14.3 Å². The highest BCUT2D eigenvalue weighted by Crippen LogP contribution is 2.20. The lowest BCUT2D eigenvalue weighted by Gasteiger charge is -2.17. The Morgan fingerprint density at radius 1 is 1.40 bits per heavy atom. The maximum atomic E-state index is 11.4. The predicted octanol–water partition coefficient (Wildman–Crippen LogP) is 1.80. The number of ether oxygens (including phenoxy) is 1. The maximum absolute atomic E-state index is 11.4. The van der Waals surface area contributed by atoms with Gasteiger partial charge in [-0.15, -0.1) is 0 Å². The molecule has 0 spiro atoms. The minimum Gasteiger partial charge on any atom is -0.465 e. The zero-order valence-corrected chi connectivity index (χ0v) is 13.5. The van der Waals surface area contributed by atoms with Gasteiger partial charge in [0.05, 0.1) is 12.7 Å². The molecule has 0 fully saturated rings. The van der Waals surface area contributed by atoms with Crippen molar-refractivity contribution in [3.8, 4) is 0 Å². The number of rotatable bonds is 6. The van der Waals surface area contributed by atoms with E-state index in [2.05, 4.69) is 26.0 Å². The number of hydrogen-bond acceptors (Lipinski definition) is 4. The third-order valence-corrected chi connectivity index (χ3v) is 3.65. The Balaban J connectivity index is 2.64. The first kappa shape index (κ1) is 16.7. The molecule has 0 aliphatic carbocycles. The summed E-state index contributed by atoms with van der Waals surface area (Å²) >= 11 is 3.45. The van der Waals surface area contributed by atoms with E-state index in [1.165, 1.54) is 7.11 Å². The SMILES string of the molecule is CNC(=O)CCN(C)Cc1ccc(C(=O)OC)cc1Br. The summed E-state index contributed by atoms with van der Waals surface area (Å²) in [6.07, 6.45) is 0.463. The summed E-state index contributed by atoms with van der Waals surface area (Å²) in [7, 11) is 4.94. The second-order valence-electron chi connectivity index (χ2n) is 4.46. The monoisotopic (exact) mass is 342 g/mol. The van der Waals surface area contributed by atoms with Crippen molar-refractivity contribution in [1.29, 1.82) is 0 Å². The van der Waals surface area contributed by atoms with E-state index in [-0.39, 0.29) is 11.9 Å². The first-order valence-electron chi connectivity index (χ1n) is 6.23. The molecule has 5 nitrogen and oxygen atoms in total. The van der Waals surface area contributed by atoms with Crippen LogP contribution in [0.25, 0.3) is 0 Å². The lowest BCUT2D eigenvalue weighted by atomic mass is 10.1. The number of nitrogens with zero attached hydrogens (tertiary/aromatic N) is 1. The van der Waals surface area contributed by atoms with Gasteiger partial charge in [0.2, 0.25) is 5.91 Å². The average Bonchev–Trinajstić information content (AvgIpc) is 2.45. The molecular formula is C14H19BrN2O3. The lowest BCUT2D eigenvalue weighted by molar-refractivity contribution is -0.120. The van der Waals surface area contributed by atoms with Crippen LogP contribution in [0.4, 0.5) is 0 Å². The number of benzene rings is 1. The van der Waals surface area contributed by atoms with Crippen LogP contribution >= 0.6 is 15.9 Å². The van der Waals surface area contributed by atoms with Crippen LogP contribution < -0.4 is 5.32 Å². The van der Waals surface area contributed by atoms with E-state index < -0.39 is 0 Å². The topological polar surface area (TPSA) is 58.6 Å². The van der Waals surface area contributed by atoms with Gasteiger partial charge in [0, 0.05) is 31.0 Å². The third-order valence-electron chi connectivity index (χ3n) is 2.91. The van der Waals surface area contributed by atoms with E-state index in [1.54, 1.807) is 19.2 Å². The van der Waals surface area contributed by atoms with Crippen molar-refractivity contribution >= 4 is 27.8 Å². The molecule has 0 radical (unpaired) electrons. The first-order chi connectivity index (χ1) is 9.47. The molecule has 20 heavy (non-hydrogen) atoms. The highest BCUT2D eigenvalue weighted by Gasteiger charge is 2.10. The van der Waals surface area contributed by atoms with Crippen LogP contribution in [0.3, 0.4) is 0 Å². The molecule has 0 atom stereocenters. The molecule has 1 amide bonds. The molecule has 0 aliphatic heterocycles. The Morgan fingerprint density at radius 2 is 2.10 bits per heavy atom. The second-order valence-corrected chi connectivity index (χ2v) is 5.31. The number of methoxy groups -OCH3 is 1. The van der Waals surface area contributed by atoms with Crippen LogP contribution in [-0.4, -0.2) is 44.5 Å². The predicted molar refractivity (Wildman–Crippen MR) is 80.5 cm³/mol. The van der Waals surface area contributed by atoms with Gasteiger partial charge in [-0.3, -0.25) is 4.79 Å². The number of nitrogens with one attached hydrogen (secondary N) is 1.